The van der Waals surface area contributed by atoms with E-state index in [0.29, 0.717) is 22.6 Å². The third-order valence-corrected chi connectivity index (χ3v) is 2.39. The fourth-order valence-electron chi connectivity index (χ4n) is 1.66. The number of hydrogen-bond donors (Lipinski definition) is 2. The Hall–Kier alpha value is -2.08. The highest BCUT2D eigenvalue weighted by Gasteiger charge is 2.16. The number of carboxylic acids is 1. The number of nitrogens with zero attached hydrogens (tertiary/aromatic N) is 1. The average molecular weight is 236 g/mol. The predicted molar refractivity (Wildman–Crippen MR) is 60.3 cm³/mol. The normalized spacial score (nSPS) is 10.7. The highest BCUT2D eigenvalue weighted by molar-refractivity contribution is 6.02. The number of nitrogens with one attached hydrogen (secondary N) is 1. The van der Waals surface area contributed by atoms with Gasteiger partial charge in [-0.05, 0) is 12.1 Å². The van der Waals surface area contributed by atoms with Crippen molar-refractivity contribution in [2.24, 2.45) is 0 Å². The van der Waals surface area contributed by atoms with Crippen LogP contribution in [0.3, 0.4) is 0 Å². The van der Waals surface area contributed by atoms with Crippen molar-refractivity contribution < 1.29 is 19.4 Å². The molecule has 2 N–H and O–H groups in total. The third kappa shape index (κ3) is 1.94. The minimum Gasteiger partial charge on any atom is -0.494 e. The molecule has 0 saturated carbocycles. The number of carbonyl (C=O) groups is 1. The molecule has 0 bridgehead atoms. The van der Waals surface area contributed by atoms with Gasteiger partial charge in [-0.1, -0.05) is 0 Å². The number of carboxylic acid groups (broad SMARTS) is 1. The van der Waals surface area contributed by atoms with Crippen molar-refractivity contribution in [1.29, 1.82) is 0 Å². The second-order valence-corrected chi connectivity index (χ2v) is 3.46. The van der Waals surface area contributed by atoms with Crippen LogP contribution in [0.2, 0.25) is 0 Å². The van der Waals surface area contributed by atoms with E-state index in [1.807, 2.05) is 0 Å². The molecular formula is C11H12N2O4. The number of aromatic carboxylic acids is 1. The molecule has 0 fully saturated rings. The highest BCUT2D eigenvalue weighted by atomic mass is 16.5. The fourth-order valence-corrected chi connectivity index (χ4v) is 1.66. The molecule has 2 aromatic rings. The highest BCUT2D eigenvalue weighted by Crippen LogP contribution is 2.26. The maximum absolute atomic E-state index is 11.1. The van der Waals surface area contributed by atoms with E-state index in [-0.39, 0.29) is 12.2 Å². The van der Waals surface area contributed by atoms with E-state index in [4.69, 9.17) is 14.6 Å². The van der Waals surface area contributed by atoms with Crippen LogP contribution >= 0.6 is 0 Å². The first kappa shape index (κ1) is 11.4. The summed E-state index contributed by atoms with van der Waals surface area (Å²) < 4.78 is 10.1. The minimum absolute atomic E-state index is 0.138. The standard InChI is InChI=1S/C11H12N2O4/c1-16-5-8-12-9-6(11(14)15)3-4-7(17-2)10(9)13-8/h3-4H,5H2,1-2H3,(H,12,13)(H,14,15). The molecule has 0 atom stereocenters. The number of methoxy groups -OCH3 is 2. The summed E-state index contributed by atoms with van der Waals surface area (Å²) in [6.45, 7) is 0.289. The molecule has 6 heteroatoms. The quantitative estimate of drug-likeness (QED) is 0.838. The van der Waals surface area contributed by atoms with Crippen LogP contribution in [0.15, 0.2) is 12.1 Å². The van der Waals surface area contributed by atoms with Crippen LogP contribution in [-0.4, -0.2) is 35.3 Å². The van der Waals surface area contributed by atoms with Crippen LogP contribution in [0.1, 0.15) is 16.2 Å². The topological polar surface area (TPSA) is 84.4 Å². The average Bonchev–Trinajstić information content (AvgIpc) is 2.71. The smallest absolute Gasteiger partial charge is 0.337 e. The van der Waals surface area contributed by atoms with Crippen LogP contribution in [-0.2, 0) is 11.3 Å². The Labute approximate surface area is 97.2 Å². The van der Waals surface area contributed by atoms with Gasteiger partial charge in [-0.2, -0.15) is 0 Å². The lowest BCUT2D eigenvalue weighted by atomic mass is 10.2. The molecule has 0 aliphatic heterocycles. The number of aromatic amines is 1. The number of fused-ring (bicyclic) bond motifs is 1. The van der Waals surface area contributed by atoms with Gasteiger partial charge in [0.25, 0.3) is 0 Å². The number of aromatic nitrogens is 2. The summed E-state index contributed by atoms with van der Waals surface area (Å²) in [6.07, 6.45) is 0. The van der Waals surface area contributed by atoms with Crippen LogP contribution in [0.4, 0.5) is 0 Å². The zero-order valence-corrected chi connectivity index (χ0v) is 9.48. The van der Waals surface area contributed by atoms with Crippen LogP contribution in [0.25, 0.3) is 11.0 Å². The van der Waals surface area contributed by atoms with Gasteiger partial charge in [-0.25, -0.2) is 9.78 Å². The molecule has 6 nitrogen and oxygen atoms in total. The second kappa shape index (κ2) is 4.42. The second-order valence-electron chi connectivity index (χ2n) is 3.46. The van der Waals surface area contributed by atoms with Crippen molar-refractivity contribution in [3.63, 3.8) is 0 Å². The largest absolute Gasteiger partial charge is 0.494 e. The summed E-state index contributed by atoms with van der Waals surface area (Å²) in [7, 11) is 3.06. The van der Waals surface area contributed by atoms with Crippen molar-refractivity contribution >= 4 is 17.0 Å². The molecule has 17 heavy (non-hydrogen) atoms. The third-order valence-electron chi connectivity index (χ3n) is 2.39. The van der Waals surface area contributed by atoms with Gasteiger partial charge in [0.15, 0.2) is 0 Å². The van der Waals surface area contributed by atoms with Crippen LogP contribution in [0.5, 0.6) is 5.75 Å². The number of benzene rings is 1. The molecule has 0 aliphatic carbocycles. The number of rotatable bonds is 4. The van der Waals surface area contributed by atoms with Crippen molar-refractivity contribution in [3.05, 3.63) is 23.5 Å². The molecule has 0 aliphatic rings. The van der Waals surface area contributed by atoms with Crippen LogP contribution in [0, 0.1) is 0 Å². The molecule has 1 aromatic carbocycles. The predicted octanol–water partition coefficient (Wildman–Crippen LogP) is 1.42. The van der Waals surface area contributed by atoms with Gasteiger partial charge in [-0.3, -0.25) is 0 Å². The first-order valence-corrected chi connectivity index (χ1v) is 4.95. The molecule has 0 radical (unpaired) electrons. The zero-order valence-electron chi connectivity index (χ0n) is 9.48. The molecular weight excluding hydrogens is 224 g/mol. The van der Waals surface area contributed by atoms with E-state index in [9.17, 15) is 4.79 Å². The van der Waals surface area contributed by atoms with Crippen molar-refractivity contribution in [1.82, 2.24) is 9.97 Å². The molecule has 0 unspecified atom stereocenters. The molecule has 0 saturated heterocycles. The van der Waals surface area contributed by atoms with Gasteiger partial charge < -0.3 is 19.6 Å². The Bertz CT molecular complexity index is 562. The number of H-pyrrole nitrogens is 1. The summed E-state index contributed by atoms with van der Waals surface area (Å²) in [5.41, 5.74) is 1.09. The first-order valence-electron chi connectivity index (χ1n) is 4.95. The van der Waals surface area contributed by atoms with Gasteiger partial charge in [0.2, 0.25) is 0 Å². The first-order chi connectivity index (χ1) is 8.17. The van der Waals surface area contributed by atoms with Gasteiger partial charge in [-0.15, -0.1) is 0 Å². The monoisotopic (exact) mass is 236 g/mol. The molecule has 90 valence electrons. The van der Waals surface area contributed by atoms with E-state index in [1.165, 1.54) is 13.2 Å². The van der Waals surface area contributed by atoms with E-state index in [2.05, 4.69) is 9.97 Å². The Morgan fingerprint density at radius 2 is 2.24 bits per heavy atom. The Kier molecular flexibility index (Phi) is 2.97. The van der Waals surface area contributed by atoms with Crippen molar-refractivity contribution in [2.75, 3.05) is 14.2 Å². The van der Waals surface area contributed by atoms with E-state index in [0.717, 1.165) is 0 Å². The summed E-state index contributed by atoms with van der Waals surface area (Å²) in [5.74, 6) is 0.0995. The lowest BCUT2D eigenvalue weighted by molar-refractivity contribution is 0.0699. The lowest BCUT2D eigenvalue weighted by Gasteiger charge is -2.02. The molecule has 1 heterocycles. The molecule has 2 rings (SSSR count). The maximum atomic E-state index is 11.1. The van der Waals surface area contributed by atoms with Crippen molar-refractivity contribution in [3.8, 4) is 5.75 Å². The van der Waals surface area contributed by atoms with E-state index in [1.54, 1.807) is 13.2 Å². The van der Waals surface area contributed by atoms with Gasteiger partial charge in [0.1, 0.15) is 29.2 Å². The summed E-state index contributed by atoms with van der Waals surface area (Å²) in [4.78, 5) is 18.2. The lowest BCUT2D eigenvalue weighted by Crippen LogP contribution is -1.98. The molecule has 0 spiro atoms. The number of hydrogen-bond acceptors (Lipinski definition) is 4. The van der Waals surface area contributed by atoms with Gasteiger partial charge in [0.05, 0.1) is 12.7 Å². The van der Waals surface area contributed by atoms with E-state index >= 15 is 0 Å². The molecule has 1 aromatic heterocycles. The summed E-state index contributed by atoms with van der Waals surface area (Å²) in [6, 6.07) is 3.07. The number of imidazole rings is 1. The SMILES string of the molecule is COCc1nc2c(C(=O)O)ccc(OC)c2[nH]1. The molecule has 0 amide bonds. The van der Waals surface area contributed by atoms with E-state index < -0.39 is 5.97 Å². The van der Waals surface area contributed by atoms with Crippen molar-refractivity contribution in [2.45, 2.75) is 6.61 Å². The maximum Gasteiger partial charge on any atom is 0.337 e. The van der Waals surface area contributed by atoms with Gasteiger partial charge >= 0.3 is 5.97 Å². The minimum atomic E-state index is -1.02. The fraction of sp³-hybridized carbons (Fsp3) is 0.273. The Balaban J connectivity index is 2.67. The zero-order chi connectivity index (χ0) is 12.4. The summed E-state index contributed by atoms with van der Waals surface area (Å²) in [5, 5.41) is 9.06. The summed E-state index contributed by atoms with van der Waals surface area (Å²) >= 11 is 0. The Morgan fingerprint density at radius 3 is 2.82 bits per heavy atom. The van der Waals surface area contributed by atoms with Gasteiger partial charge in [0, 0.05) is 7.11 Å². The number of ether oxygens (including phenoxy) is 2. The Morgan fingerprint density at radius 1 is 1.47 bits per heavy atom. The van der Waals surface area contributed by atoms with Crippen LogP contribution < -0.4 is 4.74 Å².